The molecule has 0 amide bonds. The van der Waals surface area contributed by atoms with E-state index in [-0.39, 0.29) is 6.61 Å². The second-order valence-electron chi connectivity index (χ2n) is 4.42. The summed E-state index contributed by atoms with van der Waals surface area (Å²) in [5.74, 6) is 0.442. The number of H-pyrrole nitrogens is 1. The van der Waals surface area contributed by atoms with Crippen molar-refractivity contribution in [1.29, 1.82) is 0 Å². The fraction of sp³-hybridized carbons (Fsp3) is 0.278. The maximum absolute atomic E-state index is 9.23. The molecule has 3 rings (SSSR count). The molecule has 2 N–H and O–H groups in total. The number of aromatic amines is 1. The van der Waals surface area contributed by atoms with E-state index in [1.165, 1.54) is 11.8 Å². The number of nitrogens with zero attached hydrogens (tertiary/aromatic N) is 1. The predicted molar refractivity (Wildman–Crippen MR) is 115 cm³/mol. The Morgan fingerprint density at radius 3 is 2.23 bits per heavy atom. The van der Waals surface area contributed by atoms with Gasteiger partial charge in [-0.2, -0.15) is 0 Å². The van der Waals surface area contributed by atoms with Crippen molar-refractivity contribution in [3.63, 3.8) is 0 Å². The molecule has 0 radical (unpaired) electrons. The Hall–Kier alpha value is -0.620. The Labute approximate surface area is 178 Å². The van der Waals surface area contributed by atoms with Gasteiger partial charge < -0.3 is 10.1 Å². The zero-order valence-corrected chi connectivity index (χ0v) is 18.7. The fourth-order valence-electron chi connectivity index (χ4n) is 1.95. The Morgan fingerprint density at radius 1 is 1.00 bits per heavy atom. The third-order valence-electron chi connectivity index (χ3n) is 2.93. The fourth-order valence-corrected chi connectivity index (χ4v) is 3.96. The Balaban J connectivity index is 0.000000791. The van der Waals surface area contributed by atoms with Crippen molar-refractivity contribution in [2.24, 2.45) is 0 Å². The molecule has 0 aliphatic heterocycles. The van der Waals surface area contributed by atoms with Crippen molar-refractivity contribution in [3.8, 4) is 0 Å². The monoisotopic (exact) mass is 452 g/mol. The van der Waals surface area contributed by atoms with Gasteiger partial charge in [-0.3, -0.25) is 0 Å². The molecule has 0 unspecified atom stereocenters. The SMILES string of the molecule is CC.CC.OCc1nc2c(Sc3ccc(Cl)cc3Cl)c(Cl)c(Cl)cc2[nH]1. The lowest BCUT2D eigenvalue weighted by molar-refractivity contribution is 0.273. The van der Waals surface area contributed by atoms with E-state index in [1.54, 1.807) is 24.3 Å². The first-order valence-corrected chi connectivity index (χ1v) is 10.4. The standard InChI is InChI=1S/C14H8Cl4N2OS.2C2H6/c15-6-1-2-10(7(16)3-6)22-14-12(18)8(17)4-9-13(14)20-11(5-21)19-9;2*1-2/h1-4,21H,5H2,(H,19,20);2*1-2H3. The highest BCUT2D eigenvalue weighted by Gasteiger charge is 2.17. The number of nitrogens with one attached hydrogen (secondary N) is 1. The van der Waals surface area contributed by atoms with Gasteiger partial charge in [-0.05, 0) is 24.3 Å². The molecule has 8 heteroatoms. The van der Waals surface area contributed by atoms with Crippen LogP contribution in [0.3, 0.4) is 0 Å². The summed E-state index contributed by atoms with van der Waals surface area (Å²) < 4.78 is 0. The van der Waals surface area contributed by atoms with Gasteiger partial charge in [-0.1, -0.05) is 85.9 Å². The van der Waals surface area contributed by atoms with Crippen LogP contribution in [-0.4, -0.2) is 15.1 Å². The second-order valence-corrected chi connectivity index (χ2v) is 7.10. The summed E-state index contributed by atoms with van der Waals surface area (Å²) in [7, 11) is 0. The van der Waals surface area contributed by atoms with Crippen molar-refractivity contribution < 1.29 is 5.11 Å². The van der Waals surface area contributed by atoms with E-state index in [2.05, 4.69) is 9.97 Å². The Kier molecular flexibility index (Phi) is 10.2. The number of aliphatic hydroxyl groups excluding tert-OH is 1. The smallest absolute Gasteiger partial charge is 0.133 e. The molecule has 26 heavy (non-hydrogen) atoms. The van der Waals surface area contributed by atoms with Crippen LogP contribution in [0.5, 0.6) is 0 Å². The van der Waals surface area contributed by atoms with Crippen LogP contribution in [0.1, 0.15) is 33.5 Å². The van der Waals surface area contributed by atoms with E-state index in [0.29, 0.717) is 41.8 Å². The van der Waals surface area contributed by atoms with Crippen molar-refractivity contribution >= 4 is 69.2 Å². The molecular weight excluding hydrogens is 434 g/mol. The van der Waals surface area contributed by atoms with Gasteiger partial charge in [0.1, 0.15) is 17.9 Å². The minimum absolute atomic E-state index is 0.199. The van der Waals surface area contributed by atoms with E-state index in [9.17, 15) is 5.11 Å². The summed E-state index contributed by atoms with van der Waals surface area (Å²) in [5.41, 5.74) is 1.33. The van der Waals surface area contributed by atoms with Crippen LogP contribution < -0.4 is 0 Å². The third kappa shape index (κ3) is 5.44. The molecule has 0 spiro atoms. The van der Waals surface area contributed by atoms with E-state index in [0.717, 1.165) is 4.90 Å². The number of hydrogen-bond donors (Lipinski definition) is 2. The number of aromatic nitrogens is 2. The van der Waals surface area contributed by atoms with Crippen LogP contribution in [0.4, 0.5) is 0 Å². The van der Waals surface area contributed by atoms with E-state index in [4.69, 9.17) is 46.4 Å². The number of halogens is 4. The summed E-state index contributed by atoms with van der Waals surface area (Å²) in [5, 5.41) is 11.1. The minimum Gasteiger partial charge on any atom is -0.388 e. The molecule has 1 aromatic heterocycles. The molecule has 0 fully saturated rings. The minimum atomic E-state index is -0.199. The normalized spacial score (nSPS) is 10.0. The van der Waals surface area contributed by atoms with E-state index in [1.807, 2.05) is 27.7 Å². The third-order valence-corrected chi connectivity index (χ3v) is 5.67. The van der Waals surface area contributed by atoms with Crippen LogP contribution in [0, 0.1) is 0 Å². The molecule has 0 bridgehead atoms. The molecule has 3 nitrogen and oxygen atoms in total. The molecule has 142 valence electrons. The number of benzene rings is 2. The maximum Gasteiger partial charge on any atom is 0.133 e. The van der Waals surface area contributed by atoms with E-state index >= 15 is 0 Å². The molecule has 0 saturated carbocycles. The van der Waals surface area contributed by atoms with E-state index < -0.39 is 0 Å². The molecule has 3 aromatic rings. The first-order chi connectivity index (χ1) is 12.5. The second kappa shape index (κ2) is 11.3. The summed E-state index contributed by atoms with van der Waals surface area (Å²) in [4.78, 5) is 8.78. The lowest BCUT2D eigenvalue weighted by Gasteiger charge is -2.08. The summed E-state index contributed by atoms with van der Waals surface area (Å²) in [6.45, 7) is 7.80. The van der Waals surface area contributed by atoms with Gasteiger partial charge in [0.05, 0.1) is 25.5 Å². The van der Waals surface area contributed by atoms with Gasteiger partial charge in [0.2, 0.25) is 0 Å². The molecule has 0 aliphatic carbocycles. The highest BCUT2D eigenvalue weighted by atomic mass is 35.5. The average molecular weight is 454 g/mol. The van der Waals surface area contributed by atoms with Crippen LogP contribution in [0.25, 0.3) is 11.0 Å². The molecular formula is C18H20Cl4N2OS. The highest BCUT2D eigenvalue weighted by molar-refractivity contribution is 7.99. The molecule has 0 saturated heterocycles. The Bertz CT molecular complexity index is 868. The number of imidazole rings is 1. The van der Waals surface area contributed by atoms with Gasteiger partial charge in [-0.25, -0.2) is 4.98 Å². The first kappa shape index (κ1) is 23.4. The highest BCUT2D eigenvalue weighted by Crippen LogP contribution is 2.44. The summed E-state index contributed by atoms with van der Waals surface area (Å²) in [6.07, 6.45) is 0. The summed E-state index contributed by atoms with van der Waals surface area (Å²) in [6, 6.07) is 6.89. The maximum atomic E-state index is 9.23. The van der Waals surface area contributed by atoms with Crippen molar-refractivity contribution in [3.05, 3.63) is 50.2 Å². The van der Waals surface area contributed by atoms with Crippen LogP contribution in [0.2, 0.25) is 20.1 Å². The molecule has 1 heterocycles. The van der Waals surface area contributed by atoms with Gasteiger partial charge in [0.25, 0.3) is 0 Å². The largest absolute Gasteiger partial charge is 0.388 e. The van der Waals surface area contributed by atoms with Crippen LogP contribution >= 0.6 is 58.2 Å². The van der Waals surface area contributed by atoms with Crippen LogP contribution in [0.15, 0.2) is 34.1 Å². The number of hydrogen-bond acceptors (Lipinski definition) is 3. The van der Waals surface area contributed by atoms with Gasteiger partial charge >= 0.3 is 0 Å². The van der Waals surface area contributed by atoms with Gasteiger partial charge in [0.15, 0.2) is 0 Å². The van der Waals surface area contributed by atoms with Crippen molar-refractivity contribution in [2.45, 2.75) is 44.1 Å². The van der Waals surface area contributed by atoms with Crippen molar-refractivity contribution in [2.75, 3.05) is 0 Å². The zero-order valence-electron chi connectivity index (χ0n) is 14.8. The molecule has 0 aliphatic rings. The number of aliphatic hydroxyl groups is 1. The van der Waals surface area contributed by atoms with Crippen molar-refractivity contribution in [1.82, 2.24) is 9.97 Å². The van der Waals surface area contributed by atoms with Gasteiger partial charge in [-0.15, -0.1) is 0 Å². The predicted octanol–water partition coefficient (Wildman–Crippen LogP) is 7.87. The average Bonchev–Trinajstić information content (AvgIpc) is 3.06. The Morgan fingerprint density at radius 2 is 1.65 bits per heavy atom. The topological polar surface area (TPSA) is 48.9 Å². The van der Waals surface area contributed by atoms with Crippen LogP contribution in [-0.2, 0) is 6.61 Å². The first-order valence-electron chi connectivity index (χ1n) is 8.10. The summed E-state index contributed by atoms with van der Waals surface area (Å²) >= 11 is 25.9. The lowest BCUT2D eigenvalue weighted by Crippen LogP contribution is -1.84. The quantitative estimate of drug-likeness (QED) is 0.423. The molecule has 2 aromatic carbocycles. The molecule has 0 atom stereocenters. The van der Waals surface area contributed by atoms with Gasteiger partial charge in [0, 0.05) is 9.92 Å². The number of rotatable bonds is 3. The lowest BCUT2D eigenvalue weighted by atomic mass is 10.3. The number of fused-ring (bicyclic) bond motifs is 1. The zero-order chi connectivity index (χ0) is 19.9.